The van der Waals surface area contributed by atoms with Crippen LogP contribution in [0.15, 0.2) is 39.9 Å². The highest BCUT2D eigenvalue weighted by Crippen LogP contribution is 2.28. The van der Waals surface area contributed by atoms with Gasteiger partial charge >= 0.3 is 0 Å². The van der Waals surface area contributed by atoms with Crippen molar-refractivity contribution in [2.45, 2.75) is 0 Å². The van der Waals surface area contributed by atoms with Crippen LogP contribution in [0, 0.1) is 0 Å². The molecular weight excluding hydrogens is 258 g/mol. The molecule has 3 rings (SSSR count). The third-order valence-electron chi connectivity index (χ3n) is 2.16. The molecule has 0 radical (unpaired) electrons. The summed E-state index contributed by atoms with van der Waals surface area (Å²) in [6.07, 6.45) is 5.09. The van der Waals surface area contributed by atoms with Crippen molar-refractivity contribution in [2.75, 3.05) is 0 Å². The molecule has 3 aromatic rings. The Labute approximate surface area is 93.5 Å². The maximum atomic E-state index is 5.16. The number of hydrogen-bond donors (Lipinski definition) is 1. The summed E-state index contributed by atoms with van der Waals surface area (Å²) in [4.78, 5) is 11.6. The Bertz CT molecular complexity index is 581. The molecule has 0 aliphatic heterocycles. The fourth-order valence-electron chi connectivity index (χ4n) is 1.45. The molecule has 0 aliphatic carbocycles. The van der Waals surface area contributed by atoms with E-state index in [0.717, 1.165) is 22.4 Å². The zero-order chi connectivity index (χ0) is 10.3. The summed E-state index contributed by atoms with van der Waals surface area (Å²) in [7, 11) is 0. The van der Waals surface area contributed by atoms with E-state index in [0.29, 0.717) is 4.67 Å². The van der Waals surface area contributed by atoms with Gasteiger partial charge in [0, 0.05) is 6.20 Å². The van der Waals surface area contributed by atoms with Crippen LogP contribution in [0.4, 0.5) is 0 Å². The Morgan fingerprint density at radius 1 is 1.33 bits per heavy atom. The summed E-state index contributed by atoms with van der Waals surface area (Å²) >= 11 is 3.32. The molecule has 0 fully saturated rings. The van der Waals surface area contributed by atoms with Crippen LogP contribution in [-0.4, -0.2) is 15.0 Å². The number of aromatic amines is 1. The van der Waals surface area contributed by atoms with Crippen LogP contribution in [0.1, 0.15) is 0 Å². The molecule has 5 heteroatoms. The number of hydrogen-bond acceptors (Lipinski definition) is 3. The second kappa shape index (κ2) is 3.20. The van der Waals surface area contributed by atoms with Crippen molar-refractivity contribution in [1.82, 2.24) is 15.0 Å². The van der Waals surface area contributed by atoms with Crippen LogP contribution >= 0.6 is 15.9 Å². The topological polar surface area (TPSA) is 54.7 Å². The summed E-state index contributed by atoms with van der Waals surface area (Å²) in [5, 5.41) is 0. The van der Waals surface area contributed by atoms with Crippen LogP contribution in [0.3, 0.4) is 0 Å². The highest BCUT2D eigenvalue weighted by atomic mass is 79.9. The smallest absolute Gasteiger partial charge is 0.179 e. The second-order valence-corrected chi connectivity index (χ2v) is 3.81. The Kier molecular flexibility index (Phi) is 1.85. The summed E-state index contributed by atoms with van der Waals surface area (Å²) in [6.45, 7) is 0. The van der Waals surface area contributed by atoms with Gasteiger partial charge in [-0.05, 0) is 28.1 Å². The molecular formula is C10H6BrN3O. The van der Waals surface area contributed by atoms with E-state index in [1.807, 2.05) is 12.1 Å². The molecule has 0 aliphatic rings. The Morgan fingerprint density at radius 3 is 3.00 bits per heavy atom. The van der Waals surface area contributed by atoms with Crippen molar-refractivity contribution in [1.29, 1.82) is 0 Å². The van der Waals surface area contributed by atoms with E-state index in [9.17, 15) is 0 Å². The van der Waals surface area contributed by atoms with Crippen LogP contribution in [0.5, 0.6) is 0 Å². The quantitative estimate of drug-likeness (QED) is 0.735. The first-order chi connectivity index (χ1) is 7.34. The zero-order valence-corrected chi connectivity index (χ0v) is 9.15. The number of H-pyrrole nitrogens is 1. The van der Waals surface area contributed by atoms with E-state index in [1.54, 1.807) is 18.7 Å². The maximum absolute atomic E-state index is 5.16. The summed E-state index contributed by atoms with van der Waals surface area (Å²) < 4.78 is 5.83. The molecule has 0 bridgehead atoms. The molecule has 0 spiro atoms. The summed E-state index contributed by atoms with van der Waals surface area (Å²) in [5.74, 6) is 0.777. The molecule has 4 nitrogen and oxygen atoms in total. The number of aromatic nitrogens is 3. The molecule has 0 saturated carbocycles. The van der Waals surface area contributed by atoms with Gasteiger partial charge in [0.15, 0.2) is 4.67 Å². The van der Waals surface area contributed by atoms with Gasteiger partial charge in [0.05, 0.1) is 29.1 Å². The summed E-state index contributed by atoms with van der Waals surface area (Å²) in [6, 6.07) is 3.72. The van der Waals surface area contributed by atoms with Crippen molar-refractivity contribution < 1.29 is 4.42 Å². The largest absolute Gasteiger partial charge is 0.457 e. The van der Waals surface area contributed by atoms with Crippen LogP contribution in [0.2, 0.25) is 0 Å². The lowest BCUT2D eigenvalue weighted by atomic mass is 10.3. The monoisotopic (exact) mass is 263 g/mol. The Balaban J connectivity index is 2.24. The average Bonchev–Trinajstić information content (AvgIpc) is 2.82. The minimum Gasteiger partial charge on any atom is -0.457 e. The lowest BCUT2D eigenvalue weighted by Gasteiger charge is -1.89. The number of pyridine rings is 1. The first kappa shape index (κ1) is 8.67. The van der Waals surface area contributed by atoms with Gasteiger partial charge < -0.3 is 9.40 Å². The molecule has 1 N–H and O–H groups in total. The van der Waals surface area contributed by atoms with E-state index in [1.165, 1.54) is 0 Å². The van der Waals surface area contributed by atoms with Crippen molar-refractivity contribution in [3.63, 3.8) is 0 Å². The van der Waals surface area contributed by atoms with E-state index in [-0.39, 0.29) is 0 Å². The first-order valence-electron chi connectivity index (χ1n) is 4.38. The molecule has 74 valence electrons. The predicted molar refractivity (Wildman–Crippen MR) is 59.3 cm³/mol. The van der Waals surface area contributed by atoms with Crippen molar-refractivity contribution in [3.05, 3.63) is 35.5 Å². The standard InChI is InChI=1S/C10H6BrN3O/c11-9-6(2-4-15-9)10-13-7-1-3-12-5-8(7)14-10/h1-5H,(H,13,14). The fourth-order valence-corrected chi connectivity index (χ4v) is 1.88. The number of imidazole rings is 1. The van der Waals surface area contributed by atoms with Gasteiger partial charge in [-0.3, -0.25) is 4.98 Å². The Hall–Kier alpha value is -1.62. The number of halogens is 1. The fraction of sp³-hybridized carbons (Fsp3) is 0. The molecule has 0 aromatic carbocycles. The van der Waals surface area contributed by atoms with Gasteiger partial charge in [0.2, 0.25) is 0 Å². The van der Waals surface area contributed by atoms with Gasteiger partial charge in [0.25, 0.3) is 0 Å². The normalized spacial score (nSPS) is 11.0. The molecule has 0 atom stereocenters. The lowest BCUT2D eigenvalue weighted by Crippen LogP contribution is -1.76. The van der Waals surface area contributed by atoms with Crippen LogP contribution in [0.25, 0.3) is 22.4 Å². The van der Waals surface area contributed by atoms with Crippen molar-refractivity contribution >= 4 is 27.0 Å². The molecule has 0 unspecified atom stereocenters. The van der Waals surface area contributed by atoms with Gasteiger partial charge in [-0.15, -0.1) is 0 Å². The Morgan fingerprint density at radius 2 is 2.27 bits per heavy atom. The SMILES string of the molecule is Brc1occc1-c1nc2ccncc2[nH]1. The minimum absolute atomic E-state index is 0.675. The van der Waals surface area contributed by atoms with E-state index in [2.05, 4.69) is 30.9 Å². The highest BCUT2D eigenvalue weighted by Gasteiger charge is 2.10. The molecule has 3 heterocycles. The van der Waals surface area contributed by atoms with Gasteiger partial charge in [-0.25, -0.2) is 4.98 Å². The van der Waals surface area contributed by atoms with Crippen molar-refractivity contribution in [2.24, 2.45) is 0 Å². The molecule has 15 heavy (non-hydrogen) atoms. The molecule has 3 aromatic heterocycles. The van der Waals surface area contributed by atoms with Gasteiger partial charge in [-0.2, -0.15) is 0 Å². The molecule has 0 saturated heterocycles. The maximum Gasteiger partial charge on any atom is 0.179 e. The minimum atomic E-state index is 0.675. The van der Waals surface area contributed by atoms with Crippen LogP contribution in [-0.2, 0) is 0 Å². The summed E-state index contributed by atoms with van der Waals surface area (Å²) in [5.41, 5.74) is 2.72. The average molecular weight is 264 g/mol. The lowest BCUT2D eigenvalue weighted by molar-refractivity contribution is 0.542. The van der Waals surface area contributed by atoms with Crippen molar-refractivity contribution in [3.8, 4) is 11.4 Å². The van der Waals surface area contributed by atoms with Gasteiger partial charge in [-0.1, -0.05) is 0 Å². The third kappa shape index (κ3) is 1.35. The van der Waals surface area contributed by atoms with E-state index >= 15 is 0 Å². The van der Waals surface area contributed by atoms with E-state index in [4.69, 9.17) is 4.42 Å². The van der Waals surface area contributed by atoms with Crippen LogP contribution < -0.4 is 0 Å². The number of rotatable bonds is 1. The first-order valence-corrected chi connectivity index (χ1v) is 5.17. The predicted octanol–water partition coefficient (Wildman–Crippen LogP) is 2.98. The number of furan rings is 1. The third-order valence-corrected chi connectivity index (χ3v) is 2.77. The van der Waals surface area contributed by atoms with Gasteiger partial charge in [0.1, 0.15) is 5.82 Å². The zero-order valence-electron chi connectivity index (χ0n) is 7.57. The number of fused-ring (bicyclic) bond motifs is 1. The number of nitrogens with zero attached hydrogens (tertiary/aromatic N) is 2. The highest BCUT2D eigenvalue weighted by molar-refractivity contribution is 9.10. The second-order valence-electron chi connectivity index (χ2n) is 3.09. The number of nitrogens with one attached hydrogen (secondary N) is 1. The van der Waals surface area contributed by atoms with E-state index < -0.39 is 0 Å². The molecule has 0 amide bonds.